The summed E-state index contributed by atoms with van der Waals surface area (Å²) in [7, 11) is 0. The van der Waals surface area contributed by atoms with Gasteiger partial charge in [-0.25, -0.2) is 0 Å². The maximum Gasteiger partial charge on any atom is 0.259 e. The van der Waals surface area contributed by atoms with E-state index in [4.69, 9.17) is 0 Å². The van der Waals surface area contributed by atoms with Gasteiger partial charge in [-0.05, 0) is 79.1 Å². The van der Waals surface area contributed by atoms with Crippen LogP contribution in [0.5, 0.6) is 0 Å². The number of amides is 2. The molecule has 2 saturated carbocycles. The van der Waals surface area contributed by atoms with Gasteiger partial charge in [0.2, 0.25) is 5.91 Å². The second kappa shape index (κ2) is 9.79. The fourth-order valence-electron chi connectivity index (χ4n) is 7.81. The van der Waals surface area contributed by atoms with Gasteiger partial charge in [-0.3, -0.25) is 14.4 Å². The minimum Gasteiger partial charge on any atom is -0.507 e. The Hall–Kier alpha value is -2.63. The lowest BCUT2D eigenvalue weighted by Crippen LogP contribution is -2.31. The number of Topliss-reactive ketones (excluding diaryl/α,β-unsaturated/α-hetero) is 1. The average Bonchev–Trinajstić information content (AvgIpc) is 3.44. The van der Waals surface area contributed by atoms with Gasteiger partial charge >= 0.3 is 0 Å². The Labute approximate surface area is 208 Å². The zero-order chi connectivity index (χ0) is 24.7. The summed E-state index contributed by atoms with van der Waals surface area (Å²) in [6.07, 6.45) is 17.5. The first kappa shape index (κ1) is 24.1. The minimum atomic E-state index is -0.641. The van der Waals surface area contributed by atoms with Crippen LogP contribution in [0.15, 0.2) is 47.8 Å². The van der Waals surface area contributed by atoms with E-state index in [0.717, 1.165) is 18.3 Å². The van der Waals surface area contributed by atoms with Gasteiger partial charge in [0.05, 0.1) is 6.04 Å². The van der Waals surface area contributed by atoms with E-state index in [1.54, 1.807) is 6.08 Å². The molecule has 9 atom stereocenters. The van der Waals surface area contributed by atoms with Crippen LogP contribution in [-0.4, -0.2) is 35.3 Å². The van der Waals surface area contributed by atoms with Crippen molar-refractivity contribution in [3.63, 3.8) is 0 Å². The number of carbonyl (C=O) groups excluding carboxylic acids is 3. The molecule has 3 aliphatic carbocycles. The summed E-state index contributed by atoms with van der Waals surface area (Å²) in [5.74, 6) is 3.04. The van der Waals surface area contributed by atoms with Crippen molar-refractivity contribution in [2.45, 2.75) is 58.4 Å². The third kappa shape index (κ3) is 4.41. The highest BCUT2D eigenvalue weighted by Crippen LogP contribution is 2.58. The number of hydrogen-bond donors (Lipinski definition) is 3. The Morgan fingerprint density at radius 1 is 1.00 bits per heavy atom. The van der Waals surface area contributed by atoms with Gasteiger partial charge in [0.1, 0.15) is 11.3 Å². The molecule has 35 heavy (non-hydrogen) atoms. The van der Waals surface area contributed by atoms with E-state index in [9.17, 15) is 19.5 Å². The van der Waals surface area contributed by atoms with Crippen LogP contribution in [-0.2, 0) is 14.4 Å². The molecule has 5 rings (SSSR count). The van der Waals surface area contributed by atoms with Crippen molar-refractivity contribution in [3.05, 3.63) is 47.8 Å². The highest BCUT2D eigenvalue weighted by Gasteiger charge is 2.51. The SMILES string of the molecule is CC[C@H]1[C@@H]2C=C[C@@H]3[C@H]4/C=C/CC(=O)NCCC[C@@H]5NC(=O)/C(=C(O)/C=C/[C@@H]4C[C@@H]3[C@H]2C[C@H]1C)C5=O. The fraction of sp³-hybridized carbons (Fsp3) is 0.621. The average molecular weight is 479 g/mol. The number of carbonyl (C=O) groups is 3. The van der Waals surface area contributed by atoms with Gasteiger partial charge < -0.3 is 15.7 Å². The molecule has 0 aromatic carbocycles. The molecule has 1 saturated heterocycles. The van der Waals surface area contributed by atoms with E-state index < -0.39 is 11.9 Å². The van der Waals surface area contributed by atoms with Gasteiger partial charge in [-0.15, -0.1) is 0 Å². The second-order valence-electron chi connectivity index (χ2n) is 11.3. The van der Waals surface area contributed by atoms with E-state index in [1.165, 1.54) is 12.8 Å². The number of fused-ring (bicyclic) bond motifs is 7. The maximum atomic E-state index is 12.8. The maximum absolute atomic E-state index is 12.8. The molecular formula is C29H38N2O4. The van der Waals surface area contributed by atoms with E-state index in [1.807, 2.05) is 12.2 Å². The quantitative estimate of drug-likeness (QED) is 0.392. The first-order chi connectivity index (χ1) is 16.9. The van der Waals surface area contributed by atoms with Crippen LogP contribution in [0.4, 0.5) is 0 Å². The molecule has 3 N–H and O–H groups in total. The summed E-state index contributed by atoms with van der Waals surface area (Å²) in [6, 6.07) is -0.641. The molecule has 3 fully saturated rings. The molecule has 0 unspecified atom stereocenters. The van der Waals surface area contributed by atoms with Crippen LogP contribution in [0.25, 0.3) is 0 Å². The molecule has 0 aromatic rings. The third-order valence-corrected chi connectivity index (χ3v) is 9.42. The van der Waals surface area contributed by atoms with Gasteiger partial charge in [-0.1, -0.05) is 50.6 Å². The van der Waals surface area contributed by atoms with Gasteiger partial charge in [0.15, 0.2) is 5.78 Å². The lowest BCUT2D eigenvalue weighted by Gasteiger charge is -2.35. The second-order valence-corrected chi connectivity index (χ2v) is 11.3. The third-order valence-electron chi connectivity index (χ3n) is 9.42. The lowest BCUT2D eigenvalue weighted by atomic mass is 9.70. The van der Waals surface area contributed by atoms with Gasteiger partial charge in [0.25, 0.3) is 5.91 Å². The molecule has 0 aromatic heterocycles. The predicted molar refractivity (Wildman–Crippen MR) is 134 cm³/mol. The lowest BCUT2D eigenvalue weighted by molar-refractivity contribution is -0.120. The smallest absolute Gasteiger partial charge is 0.259 e. The van der Waals surface area contributed by atoms with Crippen LogP contribution in [0.3, 0.4) is 0 Å². The molecule has 2 amide bonds. The molecule has 6 nitrogen and oxygen atoms in total. The Bertz CT molecular complexity index is 1010. The monoisotopic (exact) mass is 478 g/mol. The molecule has 2 heterocycles. The van der Waals surface area contributed by atoms with Crippen molar-refractivity contribution in [1.82, 2.24) is 10.6 Å². The zero-order valence-electron chi connectivity index (χ0n) is 20.8. The normalized spacial score (nSPS) is 45.3. The molecule has 2 bridgehead atoms. The van der Waals surface area contributed by atoms with Gasteiger partial charge in [-0.2, -0.15) is 0 Å². The summed E-state index contributed by atoms with van der Waals surface area (Å²) in [4.78, 5) is 37.6. The van der Waals surface area contributed by atoms with Crippen LogP contribution in [0.2, 0.25) is 0 Å². The van der Waals surface area contributed by atoms with E-state index in [-0.39, 0.29) is 34.9 Å². The standard InChI is InChI=1S/C29H38N2O4/c1-3-18-16(2)14-22-20(18)10-11-21-19-6-4-8-26(33)30-13-5-7-24-28(34)27(29(35)31-24)25(32)12-9-17(19)15-23(21)22/h4,6,9-12,16-24,32H,3,5,7-8,13-15H2,1-2H3,(H,30,33)(H,31,35)/b6-4+,12-9+,27-25-/t16-,17-,18-,19+,20+,21-,22+,23+,24+/m1/s1. The Kier molecular flexibility index (Phi) is 6.73. The largest absolute Gasteiger partial charge is 0.507 e. The van der Waals surface area contributed by atoms with Crippen molar-refractivity contribution in [2.75, 3.05) is 6.54 Å². The number of aliphatic hydroxyl groups is 1. The van der Waals surface area contributed by atoms with Crippen molar-refractivity contribution in [1.29, 1.82) is 0 Å². The minimum absolute atomic E-state index is 0.0235. The summed E-state index contributed by atoms with van der Waals surface area (Å²) in [6.45, 7) is 5.15. The van der Waals surface area contributed by atoms with E-state index >= 15 is 0 Å². The number of hydrogen-bond acceptors (Lipinski definition) is 4. The van der Waals surface area contributed by atoms with Crippen LogP contribution < -0.4 is 10.6 Å². The highest BCUT2D eigenvalue weighted by molar-refractivity contribution is 6.27. The fourth-order valence-corrected chi connectivity index (χ4v) is 7.81. The molecule has 0 spiro atoms. The van der Waals surface area contributed by atoms with Crippen LogP contribution in [0, 0.1) is 47.3 Å². The van der Waals surface area contributed by atoms with Crippen molar-refractivity contribution >= 4 is 17.6 Å². The molecule has 5 aliphatic rings. The van der Waals surface area contributed by atoms with Gasteiger partial charge in [0, 0.05) is 13.0 Å². The first-order valence-corrected chi connectivity index (χ1v) is 13.5. The summed E-state index contributed by atoms with van der Waals surface area (Å²) >= 11 is 0. The first-order valence-electron chi connectivity index (χ1n) is 13.5. The number of allylic oxidation sites excluding steroid dienone is 5. The summed E-state index contributed by atoms with van der Waals surface area (Å²) in [5, 5.41) is 16.3. The van der Waals surface area contributed by atoms with E-state index in [0.29, 0.717) is 49.5 Å². The highest BCUT2D eigenvalue weighted by atomic mass is 16.3. The Morgan fingerprint density at radius 3 is 2.57 bits per heavy atom. The van der Waals surface area contributed by atoms with Crippen molar-refractivity contribution in [2.24, 2.45) is 47.3 Å². The van der Waals surface area contributed by atoms with Crippen LogP contribution in [0.1, 0.15) is 52.4 Å². The summed E-state index contributed by atoms with van der Waals surface area (Å²) in [5.41, 5.74) is -0.139. The summed E-state index contributed by atoms with van der Waals surface area (Å²) < 4.78 is 0. The number of aliphatic hydroxyl groups excluding tert-OH is 1. The molecule has 2 aliphatic heterocycles. The van der Waals surface area contributed by atoms with E-state index in [2.05, 4.69) is 42.7 Å². The topological polar surface area (TPSA) is 95.5 Å². The van der Waals surface area contributed by atoms with Crippen molar-refractivity contribution < 1.29 is 19.5 Å². The van der Waals surface area contributed by atoms with Crippen LogP contribution >= 0.6 is 0 Å². The molecular weight excluding hydrogens is 440 g/mol. The Morgan fingerprint density at radius 2 is 1.77 bits per heavy atom. The Balaban J connectivity index is 1.46. The molecule has 0 radical (unpaired) electrons. The number of ketones is 1. The van der Waals surface area contributed by atoms with Crippen molar-refractivity contribution in [3.8, 4) is 0 Å². The molecule has 6 heteroatoms. The zero-order valence-corrected chi connectivity index (χ0v) is 20.8. The number of rotatable bonds is 1. The predicted octanol–water partition coefficient (Wildman–Crippen LogP) is 4.02. The number of nitrogens with one attached hydrogen (secondary N) is 2. The molecule has 188 valence electrons.